The van der Waals surface area contributed by atoms with Crippen LogP contribution in [-0.4, -0.2) is 25.0 Å². The van der Waals surface area contributed by atoms with Crippen molar-refractivity contribution >= 4 is 0 Å². The lowest BCUT2D eigenvalue weighted by atomic mass is 9.94. The molecule has 0 aliphatic rings. The zero-order chi connectivity index (χ0) is 15.7. The minimum atomic E-state index is -0.108. The zero-order valence-corrected chi connectivity index (χ0v) is 13.8. The van der Waals surface area contributed by atoms with Crippen LogP contribution >= 0.6 is 0 Å². The highest BCUT2D eigenvalue weighted by Gasteiger charge is 2.15. The third-order valence-corrected chi connectivity index (χ3v) is 4.41. The van der Waals surface area contributed by atoms with E-state index in [1.54, 1.807) is 6.07 Å². The summed E-state index contributed by atoms with van der Waals surface area (Å²) in [5.74, 6) is 0.640. The maximum absolute atomic E-state index is 13.8. The van der Waals surface area contributed by atoms with E-state index in [2.05, 4.69) is 25.8 Å². The van der Waals surface area contributed by atoms with Gasteiger partial charge < -0.3 is 5.73 Å². The van der Waals surface area contributed by atoms with Gasteiger partial charge in [-0.15, -0.1) is 0 Å². The van der Waals surface area contributed by atoms with Crippen LogP contribution in [-0.2, 0) is 0 Å². The van der Waals surface area contributed by atoms with Gasteiger partial charge in [0.1, 0.15) is 5.82 Å². The largest absolute Gasteiger partial charge is 0.330 e. The first kappa shape index (κ1) is 18.1. The number of nitrogens with two attached hydrogens (primary N) is 1. The van der Waals surface area contributed by atoms with Crippen molar-refractivity contribution in [2.75, 3.05) is 20.1 Å². The van der Waals surface area contributed by atoms with Crippen molar-refractivity contribution in [2.24, 2.45) is 11.7 Å². The fourth-order valence-corrected chi connectivity index (χ4v) is 2.95. The lowest BCUT2D eigenvalue weighted by Gasteiger charge is -2.26. The molecule has 0 fully saturated rings. The van der Waals surface area contributed by atoms with Crippen LogP contribution in [0.5, 0.6) is 0 Å². The molecule has 2 N–H and O–H groups in total. The average molecular weight is 294 g/mol. The first-order chi connectivity index (χ1) is 10.1. The summed E-state index contributed by atoms with van der Waals surface area (Å²) in [6, 6.07) is 7.18. The van der Waals surface area contributed by atoms with E-state index >= 15 is 0 Å². The molecule has 2 nitrogen and oxygen atoms in total. The molecule has 1 aromatic carbocycles. The molecule has 0 amide bonds. The van der Waals surface area contributed by atoms with Crippen molar-refractivity contribution in [3.8, 4) is 0 Å². The molecule has 0 aliphatic heterocycles. The second-order valence-corrected chi connectivity index (χ2v) is 6.05. The van der Waals surface area contributed by atoms with Gasteiger partial charge in [-0.2, -0.15) is 0 Å². The molecule has 0 spiro atoms. The van der Waals surface area contributed by atoms with Crippen LogP contribution in [0.2, 0.25) is 0 Å². The van der Waals surface area contributed by atoms with Gasteiger partial charge >= 0.3 is 0 Å². The molecular formula is C18H31FN2. The van der Waals surface area contributed by atoms with Gasteiger partial charge in [0.25, 0.3) is 0 Å². The van der Waals surface area contributed by atoms with Gasteiger partial charge in [0, 0.05) is 11.6 Å². The number of nitrogens with zero attached hydrogens (tertiary/aromatic N) is 1. The lowest BCUT2D eigenvalue weighted by molar-refractivity contribution is 0.241. The molecule has 0 saturated carbocycles. The van der Waals surface area contributed by atoms with Gasteiger partial charge in [0.05, 0.1) is 0 Å². The predicted octanol–water partition coefficient (Wildman–Crippen LogP) is 4.36. The molecule has 0 saturated heterocycles. The Morgan fingerprint density at radius 3 is 2.52 bits per heavy atom. The number of hydrogen-bond donors (Lipinski definition) is 1. The quantitative estimate of drug-likeness (QED) is 0.694. The van der Waals surface area contributed by atoms with E-state index in [4.69, 9.17) is 5.73 Å². The fourth-order valence-electron chi connectivity index (χ4n) is 2.95. The van der Waals surface area contributed by atoms with E-state index in [0.29, 0.717) is 0 Å². The highest BCUT2D eigenvalue weighted by Crippen LogP contribution is 2.23. The molecule has 120 valence electrons. The van der Waals surface area contributed by atoms with Crippen molar-refractivity contribution in [3.05, 3.63) is 35.6 Å². The highest BCUT2D eigenvalue weighted by atomic mass is 19.1. The Kier molecular flexibility index (Phi) is 8.55. The van der Waals surface area contributed by atoms with Crippen molar-refractivity contribution < 1.29 is 4.39 Å². The van der Waals surface area contributed by atoms with Crippen LogP contribution < -0.4 is 5.73 Å². The Labute approximate surface area is 129 Å². The molecule has 21 heavy (non-hydrogen) atoms. The van der Waals surface area contributed by atoms with Crippen molar-refractivity contribution in [1.29, 1.82) is 0 Å². The molecule has 3 heteroatoms. The summed E-state index contributed by atoms with van der Waals surface area (Å²) in [6.45, 7) is 6.09. The van der Waals surface area contributed by atoms with E-state index in [9.17, 15) is 4.39 Å². The number of rotatable bonds is 10. The van der Waals surface area contributed by atoms with Crippen LogP contribution in [0, 0.1) is 11.7 Å². The molecule has 0 aliphatic carbocycles. The summed E-state index contributed by atoms with van der Waals surface area (Å²) >= 11 is 0. The summed E-state index contributed by atoms with van der Waals surface area (Å²) in [6.07, 6.45) is 6.00. The minimum absolute atomic E-state index is 0.108. The van der Waals surface area contributed by atoms with Gasteiger partial charge in [-0.1, -0.05) is 38.0 Å². The maximum atomic E-state index is 13.8. The molecular weight excluding hydrogens is 263 g/mol. The smallest absolute Gasteiger partial charge is 0.127 e. The third-order valence-electron chi connectivity index (χ3n) is 4.41. The second-order valence-electron chi connectivity index (χ2n) is 6.05. The van der Waals surface area contributed by atoms with E-state index in [-0.39, 0.29) is 11.9 Å². The first-order valence-corrected chi connectivity index (χ1v) is 8.24. The summed E-state index contributed by atoms with van der Waals surface area (Å²) in [5.41, 5.74) is 6.46. The molecule has 0 heterocycles. The summed E-state index contributed by atoms with van der Waals surface area (Å²) in [5, 5.41) is 0. The minimum Gasteiger partial charge on any atom is -0.330 e. The first-order valence-electron chi connectivity index (χ1n) is 8.24. The Hall–Kier alpha value is -0.930. The van der Waals surface area contributed by atoms with Gasteiger partial charge in [-0.3, -0.25) is 4.90 Å². The van der Waals surface area contributed by atoms with Gasteiger partial charge in [0.15, 0.2) is 0 Å². The summed E-state index contributed by atoms with van der Waals surface area (Å²) in [7, 11) is 2.08. The standard InChI is InChI=1S/C18H31FN2/c1-4-8-16(12-13-20)9-7-14-21(3)15(2)17-10-5-6-11-18(17)19/h5-6,10-11,15-16H,4,7-9,12-14,20H2,1-3H3. The molecule has 2 unspecified atom stereocenters. The normalized spacial score (nSPS) is 14.4. The summed E-state index contributed by atoms with van der Waals surface area (Å²) < 4.78 is 13.8. The van der Waals surface area contributed by atoms with Gasteiger partial charge in [-0.25, -0.2) is 4.39 Å². The monoisotopic (exact) mass is 294 g/mol. The summed E-state index contributed by atoms with van der Waals surface area (Å²) in [4.78, 5) is 2.24. The number of halogens is 1. The van der Waals surface area contributed by atoms with E-state index < -0.39 is 0 Å². The van der Waals surface area contributed by atoms with Crippen LogP contribution in [0.25, 0.3) is 0 Å². The molecule has 1 aromatic rings. The Bertz CT molecular complexity index is 389. The average Bonchev–Trinajstić information content (AvgIpc) is 2.47. The van der Waals surface area contributed by atoms with Gasteiger partial charge in [-0.05, 0) is 58.3 Å². The van der Waals surface area contributed by atoms with Crippen LogP contribution in [0.3, 0.4) is 0 Å². The second kappa shape index (κ2) is 9.91. The van der Waals surface area contributed by atoms with E-state index in [0.717, 1.165) is 37.4 Å². The Balaban J connectivity index is 2.42. The van der Waals surface area contributed by atoms with Crippen molar-refractivity contribution in [1.82, 2.24) is 4.90 Å². The molecule has 0 aromatic heterocycles. The third kappa shape index (κ3) is 6.15. The molecule has 2 atom stereocenters. The lowest BCUT2D eigenvalue weighted by Crippen LogP contribution is -2.25. The van der Waals surface area contributed by atoms with E-state index in [1.807, 2.05) is 12.1 Å². The van der Waals surface area contributed by atoms with Crippen LogP contribution in [0.15, 0.2) is 24.3 Å². The fraction of sp³-hybridized carbons (Fsp3) is 0.667. The molecule has 1 rings (SSSR count). The maximum Gasteiger partial charge on any atom is 0.127 e. The Morgan fingerprint density at radius 1 is 1.19 bits per heavy atom. The topological polar surface area (TPSA) is 29.3 Å². The zero-order valence-electron chi connectivity index (χ0n) is 13.8. The highest BCUT2D eigenvalue weighted by molar-refractivity contribution is 5.20. The Morgan fingerprint density at radius 2 is 1.90 bits per heavy atom. The number of benzene rings is 1. The molecule has 0 bridgehead atoms. The predicted molar refractivity (Wildman–Crippen MR) is 88.7 cm³/mol. The SMILES string of the molecule is CCCC(CCN)CCCN(C)C(C)c1ccccc1F. The molecule has 0 radical (unpaired) electrons. The van der Waals surface area contributed by atoms with Crippen molar-refractivity contribution in [3.63, 3.8) is 0 Å². The van der Waals surface area contributed by atoms with Crippen LogP contribution in [0.4, 0.5) is 4.39 Å². The van der Waals surface area contributed by atoms with Crippen LogP contribution in [0.1, 0.15) is 57.6 Å². The van der Waals surface area contributed by atoms with E-state index in [1.165, 1.54) is 25.3 Å². The number of hydrogen-bond acceptors (Lipinski definition) is 2. The van der Waals surface area contributed by atoms with Crippen molar-refractivity contribution in [2.45, 2.75) is 52.0 Å². The van der Waals surface area contributed by atoms with Gasteiger partial charge in [0.2, 0.25) is 0 Å².